The van der Waals surface area contributed by atoms with Gasteiger partial charge in [-0.1, -0.05) is 16.8 Å². The van der Waals surface area contributed by atoms with E-state index in [1.165, 1.54) is 4.68 Å². The fourth-order valence-corrected chi connectivity index (χ4v) is 1.80. The summed E-state index contributed by atoms with van der Waals surface area (Å²) in [6.07, 6.45) is 3.17. The summed E-state index contributed by atoms with van der Waals surface area (Å²) in [5, 5.41) is 8.32. The van der Waals surface area contributed by atoms with Gasteiger partial charge in [-0.3, -0.25) is 9.67 Å². The first kappa shape index (κ1) is 11.7. The second-order valence-corrected chi connectivity index (χ2v) is 4.23. The molecule has 0 aliphatic rings. The number of aryl methyl sites for hydroxylation is 1. The molecule has 0 bridgehead atoms. The first-order chi connectivity index (χ1) is 9.16. The van der Waals surface area contributed by atoms with Gasteiger partial charge >= 0.3 is 0 Å². The van der Waals surface area contributed by atoms with Crippen molar-refractivity contribution < 1.29 is 4.52 Å². The highest BCUT2D eigenvalue weighted by Gasteiger charge is 2.17. The van der Waals surface area contributed by atoms with Gasteiger partial charge in [-0.15, -0.1) is 0 Å². The molecular weight excluding hydrogens is 268 g/mol. The highest BCUT2D eigenvalue weighted by molar-refractivity contribution is 6.32. The van der Waals surface area contributed by atoms with Crippen LogP contribution in [-0.4, -0.2) is 24.9 Å². The van der Waals surface area contributed by atoms with Crippen molar-refractivity contribution in [2.75, 3.05) is 5.73 Å². The number of rotatable bonds is 2. The predicted molar refractivity (Wildman–Crippen MR) is 69.2 cm³/mol. The number of halogens is 1. The number of nitrogens with two attached hydrogens (primary N) is 1. The van der Waals surface area contributed by atoms with Crippen molar-refractivity contribution in [3.63, 3.8) is 0 Å². The fourth-order valence-electron chi connectivity index (χ4n) is 1.59. The average Bonchev–Trinajstić information content (AvgIpc) is 2.99. The topological polar surface area (TPSA) is 95.6 Å². The van der Waals surface area contributed by atoms with Crippen LogP contribution in [0.1, 0.15) is 0 Å². The van der Waals surface area contributed by atoms with Gasteiger partial charge in [0, 0.05) is 13.2 Å². The summed E-state index contributed by atoms with van der Waals surface area (Å²) >= 11 is 6.02. The summed E-state index contributed by atoms with van der Waals surface area (Å²) in [5.74, 6) is 1.04. The maximum absolute atomic E-state index is 6.02. The van der Waals surface area contributed by atoms with E-state index in [0.717, 1.165) is 0 Å². The van der Waals surface area contributed by atoms with Crippen LogP contribution in [-0.2, 0) is 7.05 Å². The maximum Gasteiger partial charge on any atom is 0.263 e. The third kappa shape index (κ3) is 1.93. The van der Waals surface area contributed by atoms with E-state index in [1.54, 1.807) is 31.6 Å². The molecule has 0 radical (unpaired) electrons. The Morgan fingerprint density at radius 2 is 2.26 bits per heavy atom. The van der Waals surface area contributed by atoms with Gasteiger partial charge in [-0.25, -0.2) is 0 Å². The van der Waals surface area contributed by atoms with Crippen molar-refractivity contribution in [2.24, 2.45) is 7.05 Å². The van der Waals surface area contributed by atoms with Gasteiger partial charge in [0.1, 0.15) is 17.1 Å². The SMILES string of the molecule is Cn1ncc(-c2nc(-c3ncccc3Cl)no2)c1N. The standard InChI is InChI=1S/C11H9ClN6O/c1-18-9(13)6(5-15-18)11-16-10(17-19-11)8-7(12)3-2-4-14-8/h2-5H,13H2,1H3. The van der Waals surface area contributed by atoms with E-state index in [9.17, 15) is 0 Å². The monoisotopic (exact) mass is 276 g/mol. The van der Waals surface area contributed by atoms with Crippen LogP contribution in [0, 0.1) is 0 Å². The van der Waals surface area contributed by atoms with E-state index >= 15 is 0 Å². The molecule has 0 unspecified atom stereocenters. The highest BCUT2D eigenvalue weighted by atomic mass is 35.5. The number of nitrogen functional groups attached to an aromatic ring is 1. The summed E-state index contributed by atoms with van der Waals surface area (Å²) < 4.78 is 6.68. The van der Waals surface area contributed by atoms with Crippen molar-refractivity contribution in [2.45, 2.75) is 0 Å². The highest BCUT2D eigenvalue weighted by Crippen LogP contribution is 2.27. The van der Waals surface area contributed by atoms with Crippen LogP contribution in [0.2, 0.25) is 5.02 Å². The van der Waals surface area contributed by atoms with Crippen molar-refractivity contribution in [1.29, 1.82) is 0 Å². The largest absolute Gasteiger partial charge is 0.383 e. The molecule has 8 heteroatoms. The van der Waals surface area contributed by atoms with E-state index < -0.39 is 0 Å². The molecule has 0 amide bonds. The van der Waals surface area contributed by atoms with Crippen molar-refractivity contribution >= 4 is 17.4 Å². The minimum Gasteiger partial charge on any atom is -0.383 e. The minimum absolute atomic E-state index is 0.280. The van der Waals surface area contributed by atoms with Crippen molar-refractivity contribution in [3.05, 3.63) is 29.5 Å². The maximum atomic E-state index is 6.02. The smallest absolute Gasteiger partial charge is 0.263 e. The van der Waals surface area contributed by atoms with Crippen LogP contribution in [0.3, 0.4) is 0 Å². The van der Waals surface area contributed by atoms with Gasteiger partial charge in [0.15, 0.2) is 0 Å². The zero-order chi connectivity index (χ0) is 13.4. The Balaban J connectivity index is 2.05. The third-order valence-corrected chi connectivity index (χ3v) is 2.92. The molecular formula is C11H9ClN6O. The second kappa shape index (κ2) is 4.36. The van der Waals surface area contributed by atoms with Gasteiger partial charge in [0.2, 0.25) is 5.82 Å². The van der Waals surface area contributed by atoms with E-state index in [0.29, 0.717) is 27.9 Å². The van der Waals surface area contributed by atoms with Crippen molar-refractivity contribution in [1.82, 2.24) is 24.9 Å². The van der Waals surface area contributed by atoms with E-state index in [1.807, 2.05) is 0 Å². The van der Waals surface area contributed by atoms with E-state index in [2.05, 4.69) is 20.2 Å². The molecule has 0 saturated carbocycles. The molecule has 0 aliphatic heterocycles. The van der Waals surface area contributed by atoms with Gasteiger partial charge < -0.3 is 10.3 Å². The lowest BCUT2D eigenvalue weighted by molar-refractivity contribution is 0.432. The first-order valence-corrected chi connectivity index (χ1v) is 5.77. The minimum atomic E-state index is 0.280. The summed E-state index contributed by atoms with van der Waals surface area (Å²) in [5.41, 5.74) is 6.88. The Labute approximate surface area is 113 Å². The molecule has 0 fully saturated rings. The normalized spacial score (nSPS) is 10.8. The van der Waals surface area contributed by atoms with E-state index in [4.69, 9.17) is 21.9 Å². The Morgan fingerprint density at radius 3 is 2.95 bits per heavy atom. The molecule has 0 atom stereocenters. The molecule has 3 rings (SSSR count). The van der Waals surface area contributed by atoms with Crippen LogP contribution >= 0.6 is 11.6 Å². The Kier molecular flexibility index (Phi) is 2.68. The Bertz CT molecular complexity index is 734. The van der Waals surface area contributed by atoms with Crippen LogP contribution in [0.25, 0.3) is 23.0 Å². The van der Waals surface area contributed by atoms with Gasteiger partial charge in [0.25, 0.3) is 5.89 Å². The summed E-state index contributed by atoms with van der Waals surface area (Å²) in [6.45, 7) is 0. The number of pyridine rings is 1. The number of nitrogens with zero attached hydrogens (tertiary/aromatic N) is 5. The quantitative estimate of drug-likeness (QED) is 0.766. The third-order valence-electron chi connectivity index (χ3n) is 2.61. The molecule has 7 nitrogen and oxygen atoms in total. The van der Waals surface area contributed by atoms with Crippen molar-refractivity contribution in [3.8, 4) is 23.0 Å². The van der Waals surface area contributed by atoms with Gasteiger partial charge in [0.05, 0.1) is 11.2 Å². The molecule has 0 aliphatic carbocycles. The number of hydrogen-bond acceptors (Lipinski definition) is 6. The zero-order valence-electron chi connectivity index (χ0n) is 9.91. The Morgan fingerprint density at radius 1 is 1.42 bits per heavy atom. The molecule has 0 spiro atoms. The van der Waals surface area contributed by atoms with E-state index in [-0.39, 0.29) is 5.89 Å². The summed E-state index contributed by atoms with van der Waals surface area (Å²) in [6, 6.07) is 3.43. The molecule has 3 aromatic rings. The zero-order valence-corrected chi connectivity index (χ0v) is 10.7. The number of hydrogen-bond donors (Lipinski definition) is 1. The molecule has 3 heterocycles. The molecule has 19 heavy (non-hydrogen) atoms. The Hall–Kier alpha value is -2.41. The lowest BCUT2D eigenvalue weighted by Crippen LogP contribution is -1.98. The lowest BCUT2D eigenvalue weighted by atomic mass is 10.3. The predicted octanol–water partition coefficient (Wildman–Crippen LogP) is 1.77. The van der Waals surface area contributed by atoms with Gasteiger partial charge in [-0.05, 0) is 12.1 Å². The van der Waals surface area contributed by atoms with Gasteiger partial charge in [-0.2, -0.15) is 10.1 Å². The first-order valence-electron chi connectivity index (χ1n) is 5.39. The van der Waals surface area contributed by atoms with Crippen LogP contribution in [0.15, 0.2) is 29.0 Å². The number of anilines is 1. The summed E-state index contributed by atoms with van der Waals surface area (Å²) in [4.78, 5) is 8.34. The summed E-state index contributed by atoms with van der Waals surface area (Å²) in [7, 11) is 1.73. The fraction of sp³-hybridized carbons (Fsp3) is 0.0909. The van der Waals surface area contributed by atoms with Crippen LogP contribution < -0.4 is 5.73 Å². The molecule has 0 aromatic carbocycles. The molecule has 96 valence electrons. The second-order valence-electron chi connectivity index (χ2n) is 3.82. The number of aromatic nitrogens is 5. The van der Waals surface area contributed by atoms with Crippen LogP contribution in [0.4, 0.5) is 5.82 Å². The molecule has 2 N–H and O–H groups in total. The molecule has 0 saturated heterocycles. The lowest BCUT2D eigenvalue weighted by Gasteiger charge is -1.95. The average molecular weight is 277 g/mol. The molecule has 3 aromatic heterocycles. The van der Waals surface area contributed by atoms with Crippen LogP contribution in [0.5, 0.6) is 0 Å².